The summed E-state index contributed by atoms with van der Waals surface area (Å²) in [6.07, 6.45) is 0.994. The number of ether oxygens (including phenoxy) is 2. The second-order valence-electron chi connectivity index (χ2n) is 4.35. The number of rotatable bonds is 7. The molecule has 1 saturated heterocycles. The van der Waals surface area contributed by atoms with Gasteiger partial charge in [-0.25, -0.2) is 0 Å². The third-order valence-electron chi connectivity index (χ3n) is 2.11. The van der Waals surface area contributed by atoms with Gasteiger partial charge in [0.2, 0.25) is 0 Å². The van der Waals surface area contributed by atoms with Gasteiger partial charge >= 0.3 is 5.97 Å². The number of carboxylic acids is 1. The maximum atomic E-state index is 10.4. The molecule has 5 heteroatoms. The summed E-state index contributed by atoms with van der Waals surface area (Å²) in [5.41, 5.74) is 0. The van der Waals surface area contributed by atoms with Crippen LogP contribution in [-0.4, -0.2) is 36.2 Å². The van der Waals surface area contributed by atoms with Gasteiger partial charge in [-0.15, -0.1) is 0 Å². The molecule has 1 aliphatic heterocycles. The lowest BCUT2D eigenvalue weighted by molar-refractivity contribution is -0.142. The molecule has 1 fully saturated rings. The molecular formula is C10H19NO4. The van der Waals surface area contributed by atoms with Crippen molar-refractivity contribution in [3.05, 3.63) is 0 Å². The van der Waals surface area contributed by atoms with Crippen molar-refractivity contribution in [3.63, 3.8) is 0 Å². The van der Waals surface area contributed by atoms with Crippen LogP contribution in [0, 0.1) is 5.92 Å². The minimum absolute atomic E-state index is 0.0637. The molecule has 2 unspecified atom stereocenters. The van der Waals surface area contributed by atoms with E-state index in [1.807, 2.05) is 6.92 Å². The zero-order valence-corrected chi connectivity index (χ0v) is 9.45. The first-order valence-corrected chi connectivity index (χ1v) is 5.22. The molecule has 0 aliphatic carbocycles. The summed E-state index contributed by atoms with van der Waals surface area (Å²) in [5, 5.41) is 11.2. The second-order valence-corrected chi connectivity index (χ2v) is 4.35. The molecule has 0 amide bonds. The monoisotopic (exact) mass is 217 g/mol. The predicted molar refractivity (Wildman–Crippen MR) is 54.3 cm³/mol. The maximum absolute atomic E-state index is 10.4. The van der Waals surface area contributed by atoms with E-state index in [2.05, 4.69) is 19.2 Å². The molecular weight excluding hydrogens is 198 g/mol. The average molecular weight is 217 g/mol. The molecule has 0 aromatic carbocycles. The van der Waals surface area contributed by atoms with Crippen LogP contribution < -0.4 is 5.32 Å². The first kappa shape index (κ1) is 12.4. The lowest BCUT2D eigenvalue weighted by Gasteiger charge is -2.20. The summed E-state index contributed by atoms with van der Waals surface area (Å²) in [4.78, 5) is 10.4. The normalized spacial score (nSPS) is 26.7. The van der Waals surface area contributed by atoms with Gasteiger partial charge in [0, 0.05) is 0 Å². The quantitative estimate of drug-likeness (QED) is 0.487. The Kier molecular flexibility index (Phi) is 4.07. The molecule has 88 valence electrons. The van der Waals surface area contributed by atoms with Crippen LogP contribution in [0.1, 0.15) is 27.2 Å². The van der Waals surface area contributed by atoms with Crippen molar-refractivity contribution in [3.8, 4) is 0 Å². The van der Waals surface area contributed by atoms with E-state index in [0.29, 0.717) is 12.5 Å². The third kappa shape index (κ3) is 4.59. The van der Waals surface area contributed by atoms with Crippen LogP contribution in [0.15, 0.2) is 0 Å². The van der Waals surface area contributed by atoms with Crippen molar-refractivity contribution in [2.45, 2.75) is 39.2 Å². The fourth-order valence-electron chi connectivity index (χ4n) is 1.52. The Bertz CT molecular complexity index is 225. The topological polar surface area (TPSA) is 71.1 Å². The van der Waals surface area contributed by atoms with E-state index in [9.17, 15) is 4.79 Å². The van der Waals surface area contributed by atoms with E-state index in [-0.39, 0.29) is 12.6 Å². The van der Waals surface area contributed by atoms with Crippen molar-refractivity contribution >= 4 is 5.97 Å². The number of epoxide rings is 1. The Morgan fingerprint density at radius 2 is 2.20 bits per heavy atom. The summed E-state index contributed by atoms with van der Waals surface area (Å²) in [5.74, 6) is -1.20. The van der Waals surface area contributed by atoms with Crippen LogP contribution in [0.3, 0.4) is 0 Å². The molecule has 0 radical (unpaired) electrons. The Hall–Kier alpha value is -0.650. The van der Waals surface area contributed by atoms with Crippen LogP contribution in [0.2, 0.25) is 0 Å². The van der Waals surface area contributed by atoms with Gasteiger partial charge in [0.05, 0.1) is 12.6 Å². The van der Waals surface area contributed by atoms with Crippen molar-refractivity contribution in [2.75, 3.05) is 13.2 Å². The SMILES string of the molecule is CC(C)CC(C)OC1(NCC(=O)O)CO1. The van der Waals surface area contributed by atoms with Gasteiger partial charge in [0.25, 0.3) is 5.91 Å². The second kappa shape index (κ2) is 4.92. The molecule has 1 rings (SSSR count). The molecule has 2 N–H and O–H groups in total. The molecule has 15 heavy (non-hydrogen) atoms. The zero-order valence-electron chi connectivity index (χ0n) is 9.45. The van der Waals surface area contributed by atoms with Crippen molar-refractivity contribution < 1.29 is 19.4 Å². The van der Waals surface area contributed by atoms with E-state index in [1.54, 1.807) is 0 Å². The van der Waals surface area contributed by atoms with E-state index in [0.717, 1.165) is 6.42 Å². The van der Waals surface area contributed by atoms with Crippen molar-refractivity contribution in [1.29, 1.82) is 0 Å². The molecule has 0 saturated carbocycles. The molecule has 2 atom stereocenters. The molecule has 1 heterocycles. The minimum atomic E-state index is -0.912. The molecule has 1 aliphatic rings. The van der Waals surface area contributed by atoms with Gasteiger partial charge in [-0.3, -0.25) is 10.1 Å². The number of carbonyl (C=O) groups is 1. The highest BCUT2D eigenvalue weighted by Crippen LogP contribution is 2.28. The summed E-state index contributed by atoms with van der Waals surface area (Å²) in [6.45, 7) is 6.47. The highest BCUT2D eigenvalue weighted by Gasteiger charge is 2.47. The van der Waals surface area contributed by atoms with Gasteiger partial charge in [-0.2, -0.15) is 0 Å². The Labute approximate surface area is 89.8 Å². The highest BCUT2D eigenvalue weighted by molar-refractivity contribution is 5.69. The lowest BCUT2D eigenvalue weighted by atomic mass is 10.1. The Balaban J connectivity index is 2.27. The molecule has 0 spiro atoms. The fraction of sp³-hybridized carbons (Fsp3) is 0.900. The summed E-state index contributed by atoms with van der Waals surface area (Å²) in [7, 11) is 0. The number of carboxylic acid groups (broad SMARTS) is 1. The summed E-state index contributed by atoms with van der Waals surface area (Å²) < 4.78 is 10.7. The molecule has 0 aromatic rings. The van der Waals surface area contributed by atoms with Gasteiger partial charge in [-0.05, 0) is 19.3 Å². The Morgan fingerprint density at radius 3 is 2.60 bits per heavy atom. The average Bonchev–Trinajstić information content (AvgIpc) is 2.80. The van der Waals surface area contributed by atoms with Crippen LogP contribution >= 0.6 is 0 Å². The fourth-order valence-corrected chi connectivity index (χ4v) is 1.52. The number of hydrogen-bond donors (Lipinski definition) is 2. The lowest BCUT2D eigenvalue weighted by Crippen LogP contribution is -2.41. The minimum Gasteiger partial charge on any atom is -0.480 e. The van der Waals surface area contributed by atoms with E-state index >= 15 is 0 Å². The van der Waals surface area contributed by atoms with E-state index in [4.69, 9.17) is 14.6 Å². The smallest absolute Gasteiger partial charge is 0.317 e. The maximum Gasteiger partial charge on any atom is 0.317 e. The Morgan fingerprint density at radius 1 is 1.60 bits per heavy atom. The van der Waals surface area contributed by atoms with Gasteiger partial charge in [0.1, 0.15) is 6.61 Å². The zero-order chi connectivity index (χ0) is 11.5. The van der Waals surface area contributed by atoms with E-state index < -0.39 is 11.9 Å². The first-order chi connectivity index (χ1) is 6.93. The van der Waals surface area contributed by atoms with Gasteiger partial charge in [0.15, 0.2) is 0 Å². The number of nitrogens with one attached hydrogen (secondary N) is 1. The highest BCUT2D eigenvalue weighted by atomic mass is 16.8. The van der Waals surface area contributed by atoms with Gasteiger partial charge in [-0.1, -0.05) is 13.8 Å². The van der Waals surface area contributed by atoms with Crippen molar-refractivity contribution in [2.24, 2.45) is 5.92 Å². The molecule has 5 nitrogen and oxygen atoms in total. The van der Waals surface area contributed by atoms with Crippen LogP contribution in [-0.2, 0) is 14.3 Å². The first-order valence-electron chi connectivity index (χ1n) is 5.22. The summed E-state index contributed by atoms with van der Waals surface area (Å²) in [6, 6.07) is 0. The van der Waals surface area contributed by atoms with Crippen LogP contribution in [0.25, 0.3) is 0 Å². The standard InChI is InChI=1S/C10H19NO4/c1-7(2)4-8(3)15-10(6-14-10)11-5-9(12)13/h7-8,11H,4-6H2,1-3H3,(H,12,13). The number of hydrogen-bond acceptors (Lipinski definition) is 4. The van der Waals surface area contributed by atoms with Crippen LogP contribution in [0.4, 0.5) is 0 Å². The van der Waals surface area contributed by atoms with Crippen molar-refractivity contribution in [1.82, 2.24) is 5.32 Å². The molecule has 0 aromatic heterocycles. The van der Waals surface area contributed by atoms with E-state index in [1.165, 1.54) is 0 Å². The third-order valence-corrected chi connectivity index (χ3v) is 2.11. The predicted octanol–water partition coefficient (Wildman–Crippen LogP) is 0.796. The number of aliphatic carboxylic acids is 1. The van der Waals surface area contributed by atoms with Gasteiger partial charge < -0.3 is 14.6 Å². The largest absolute Gasteiger partial charge is 0.480 e. The summed E-state index contributed by atoms with van der Waals surface area (Å²) >= 11 is 0. The van der Waals surface area contributed by atoms with Crippen LogP contribution in [0.5, 0.6) is 0 Å². The molecule has 0 bridgehead atoms.